The Labute approximate surface area is 73.2 Å². The molecule has 0 heterocycles. The SMILES string of the molecule is CNc1ccc(C(C)C)c(O)c1. The average Bonchev–Trinajstić information content (AvgIpc) is 2.03. The topological polar surface area (TPSA) is 32.3 Å². The minimum atomic E-state index is 0.371. The highest BCUT2D eigenvalue weighted by Gasteiger charge is 2.04. The molecule has 0 aliphatic heterocycles. The molecule has 2 heteroatoms. The van der Waals surface area contributed by atoms with Gasteiger partial charge in [0.1, 0.15) is 5.75 Å². The lowest BCUT2D eigenvalue weighted by Gasteiger charge is -2.09. The Hall–Kier alpha value is -1.18. The second-order valence-electron chi connectivity index (χ2n) is 3.18. The molecular weight excluding hydrogens is 150 g/mol. The van der Waals surface area contributed by atoms with Crippen LogP contribution in [0.25, 0.3) is 0 Å². The summed E-state index contributed by atoms with van der Waals surface area (Å²) in [7, 11) is 1.84. The van der Waals surface area contributed by atoms with E-state index in [0.717, 1.165) is 11.3 Å². The highest BCUT2D eigenvalue weighted by molar-refractivity contribution is 5.51. The summed E-state index contributed by atoms with van der Waals surface area (Å²) in [6.07, 6.45) is 0. The lowest BCUT2D eigenvalue weighted by molar-refractivity contribution is 0.465. The van der Waals surface area contributed by atoms with Crippen molar-refractivity contribution in [1.82, 2.24) is 0 Å². The van der Waals surface area contributed by atoms with Crippen molar-refractivity contribution in [3.63, 3.8) is 0 Å². The van der Waals surface area contributed by atoms with E-state index < -0.39 is 0 Å². The molecule has 0 bridgehead atoms. The Morgan fingerprint density at radius 1 is 1.33 bits per heavy atom. The third-order valence-electron chi connectivity index (χ3n) is 1.94. The largest absolute Gasteiger partial charge is 0.508 e. The van der Waals surface area contributed by atoms with Gasteiger partial charge in [-0.15, -0.1) is 0 Å². The van der Waals surface area contributed by atoms with Gasteiger partial charge in [0, 0.05) is 18.8 Å². The molecule has 2 N–H and O–H groups in total. The fourth-order valence-electron chi connectivity index (χ4n) is 1.19. The van der Waals surface area contributed by atoms with E-state index in [1.807, 2.05) is 19.2 Å². The van der Waals surface area contributed by atoms with Gasteiger partial charge in [0.2, 0.25) is 0 Å². The van der Waals surface area contributed by atoms with Crippen LogP contribution in [-0.2, 0) is 0 Å². The first-order valence-electron chi connectivity index (χ1n) is 4.16. The quantitative estimate of drug-likeness (QED) is 0.705. The van der Waals surface area contributed by atoms with Crippen molar-refractivity contribution in [1.29, 1.82) is 0 Å². The second kappa shape index (κ2) is 3.48. The number of nitrogens with one attached hydrogen (secondary N) is 1. The fraction of sp³-hybridized carbons (Fsp3) is 0.400. The number of anilines is 1. The van der Waals surface area contributed by atoms with Crippen molar-refractivity contribution in [2.45, 2.75) is 19.8 Å². The van der Waals surface area contributed by atoms with E-state index >= 15 is 0 Å². The van der Waals surface area contributed by atoms with Crippen LogP contribution in [0.2, 0.25) is 0 Å². The minimum absolute atomic E-state index is 0.371. The number of hydrogen-bond donors (Lipinski definition) is 2. The maximum Gasteiger partial charge on any atom is 0.121 e. The smallest absolute Gasteiger partial charge is 0.121 e. The van der Waals surface area contributed by atoms with Crippen LogP contribution >= 0.6 is 0 Å². The number of hydrogen-bond acceptors (Lipinski definition) is 2. The second-order valence-corrected chi connectivity index (χ2v) is 3.18. The zero-order valence-corrected chi connectivity index (χ0v) is 7.76. The lowest BCUT2D eigenvalue weighted by Crippen LogP contribution is -1.91. The number of phenolic OH excluding ortho intramolecular Hbond substituents is 1. The van der Waals surface area contributed by atoms with Gasteiger partial charge >= 0.3 is 0 Å². The zero-order valence-electron chi connectivity index (χ0n) is 7.76. The maximum atomic E-state index is 9.55. The van der Waals surface area contributed by atoms with Gasteiger partial charge in [0.25, 0.3) is 0 Å². The molecule has 0 aliphatic rings. The van der Waals surface area contributed by atoms with Crippen LogP contribution in [-0.4, -0.2) is 12.2 Å². The molecule has 2 nitrogen and oxygen atoms in total. The van der Waals surface area contributed by atoms with Gasteiger partial charge in [0.05, 0.1) is 0 Å². The molecule has 0 atom stereocenters. The number of rotatable bonds is 2. The summed E-state index contributed by atoms with van der Waals surface area (Å²) in [5.41, 5.74) is 1.94. The molecule has 12 heavy (non-hydrogen) atoms. The van der Waals surface area contributed by atoms with E-state index in [1.54, 1.807) is 6.07 Å². The number of benzene rings is 1. The number of phenols is 1. The van der Waals surface area contributed by atoms with Crippen LogP contribution in [0.15, 0.2) is 18.2 Å². The predicted octanol–water partition coefficient (Wildman–Crippen LogP) is 2.56. The van der Waals surface area contributed by atoms with Gasteiger partial charge in [-0.3, -0.25) is 0 Å². The highest BCUT2D eigenvalue weighted by Crippen LogP contribution is 2.27. The van der Waals surface area contributed by atoms with Gasteiger partial charge in [-0.1, -0.05) is 19.9 Å². The molecule has 66 valence electrons. The third-order valence-corrected chi connectivity index (χ3v) is 1.94. The Balaban J connectivity index is 3.03. The average molecular weight is 165 g/mol. The summed E-state index contributed by atoms with van der Waals surface area (Å²) in [6.45, 7) is 4.13. The Bertz CT molecular complexity index is 269. The molecule has 0 aliphatic carbocycles. The van der Waals surface area contributed by atoms with Crippen molar-refractivity contribution in [2.24, 2.45) is 0 Å². The van der Waals surface area contributed by atoms with Crippen molar-refractivity contribution >= 4 is 5.69 Å². The molecule has 1 rings (SSSR count). The molecule has 0 saturated carbocycles. The standard InChI is InChI=1S/C10H15NO/c1-7(2)9-5-4-8(11-3)6-10(9)12/h4-7,11-12H,1-3H3. The van der Waals surface area contributed by atoms with Crippen molar-refractivity contribution in [2.75, 3.05) is 12.4 Å². The molecule has 1 aromatic carbocycles. The van der Waals surface area contributed by atoms with E-state index in [1.165, 1.54) is 0 Å². The Morgan fingerprint density at radius 3 is 2.42 bits per heavy atom. The van der Waals surface area contributed by atoms with E-state index in [0.29, 0.717) is 11.7 Å². The van der Waals surface area contributed by atoms with Crippen LogP contribution < -0.4 is 5.32 Å². The van der Waals surface area contributed by atoms with Crippen LogP contribution in [0.1, 0.15) is 25.3 Å². The first-order chi connectivity index (χ1) is 5.65. The molecule has 1 aromatic rings. The molecule has 0 spiro atoms. The monoisotopic (exact) mass is 165 g/mol. The first kappa shape index (κ1) is 8.91. The highest BCUT2D eigenvalue weighted by atomic mass is 16.3. The minimum Gasteiger partial charge on any atom is -0.508 e. The van der Waals surface area contributed by atoms with Crippen molar-refractivity contribution in [3.8, 4) is 5.75 Å². The molecule has 0 radical (unpaired) electrons. The van der Waals surface area contributed by atoms with Gasteiger partial charge in [-0.25, -0.2) is 0 Å². The summed E-state index contributed by atoms with van der Waals surface area (Å²) in [4.78, 5) is 0. The Kier molecular flexibility index (Phi) is 2.58. The number of aromatic hydroxyl groups is 1. The van der Waals surface area contributed by atoms with Crippen LogP contribution in [0.3, 0.4) is 0 Å². The van der Waals surface area contributed by atoms with Gasteiger partial charge in [0.15, 0.2) is 0 Å². The van der Waals surface area contributed by atoms with Gasteiger partial charge in [-0.05, 0) is 17.5 Å². The summed E-state index contributed by atoms with van der Waals surface area (Å²) in [5, 5.41) is 12.5. The van der Waals surface area contributed by atoms with E-state index in [-0.39, 0.29) is 0 Å². The Morgan fingerprint density at radius 2 is 2.00 bits per heavy atom. The normalized spacial score (nSPS) is 10.3. The zero-order chi connectivity index (χ0) is 9.14. The molecule has 0 amide bonds. The van der Waals surface area contributed by atoms with Gasteiger partial charge in [-0.2, -0.15) is 0 Å². The molecule has 0 fully saturated rings. The van der Waals surface area contributed by atoms with E-state index in [4.69, 9.17) is 0 Å². The summed E-state index contributed by atoms with van der Waals surface area (Å²) < 4.78 is 0. The van der Waals surface area contributed by atoms with E-state index in [9.17, 15) is 5.11 Å². The molecule has 0 saturated heterocycles. The van der Waals surface area contributed by atoms with Crippen LogP contribution in [0, 0.1) is 0 Å². The third kappa shape index (κ3) is 1.70. The first-order valence-corrected chi connectivity index (χ1v) is 4.16. The summed E-state index contributed by atoms with van der Waals surface area (Å²) in [5.74, 6) is 0.743. The maximum absolute atomic E-state index is 9.55. The van der Waals surface area contributed by atoms with Crippen molar-refractivity contribution < 1.29 is 5.11 Å². The van der Waals surface area contributed by atoms with Crippen LogP contribution in [0.4, 0.5) is 5.69 Å². The van der Waals surface area contributed by atoms with Crippen molar-refractivity contribution in [3.05, 3.63) is 23.8 Å². The summed E-state index contributed by atoms with van der Waals surface area (Å²) in [6, 6.07) is 5.66. The molecule has 0 aromatic heterocycles. The van der Waals surface area contributed by atoms with E-state index in [2.05, 4.69) is 19.2 Å². The fourth-order valence-corrected chi connectivity index (χ4v) is 1.19. The summed E-state index contributed by atoms with van der Waals surface area (Å²) >= 11 is 0. The lowest BCUT2D eigenvalue weighted by atomic mass is 10.0. The van der Waals surface area contributed by atoms with Crippen LogP contribution in [0.5, 0.6) is 5.75 Å². The van der Waals surface area contributed by atoms with Gasteiger partial charge < -0.3 is 10.4 Å². The molecule has 0 unspecified atom stereocenters. The predicted molar refractivity (Wildman–Crippen MR) is 51.7 cm³/mol. The molecular formula is C10H15NO.